The van der Waals surface area contributed by atoms with Gasteiger partial charge in [0.2, 0.25) is 0 Å². The fourth-order valence-corrected chi connectivity index (χ4v) is 1.16. The van der Waals surface area contributed by atoms with E-state index in [0.29, 0.717) is 10.1 Å². The number of nitrogens with zero attached hydrogens (tertiary/aromatic N) is 4. The lowest BCUT2D eigenvalue weighted by molar-refractivity contribution is 0.563. The smallest absolute Gasteiger partial charge is 0.196 e. The molecule has 0 spiro atoms. The quantitative estimate of drug-likeness (QED) is 0.355. The van der Waals surface area contributed by atoms with Crippen molar-refractivity contribution in [3.8, 4) is 0 Å². The van der Waals surface area contributed by atoms with E-state index in [1.807, 2.05) is 6.26 Å². The zero-order chi connectivity index (χ0) is 11.3. The highest BCUT2D eigenvalue weighted by atomic mass is 32.2. The lowest BCUT2D eigenvalue weighted by Gasteiger charge is -2.12. The van der Waals surface area contributed by atoms with Crippen LogP contribution in [0.4, 0.5) is 0 Å². The van der Waals surface area contributed by atoms with Crippen molar-refractivity contribution in [3.63, 3.8) is 0 Å². The molecule has 0 unspecified atom stereocenters. The van der Waals surface area contributed by atoms with Gasteiger partial charge in [0.15, 0.2) is 16.0 Å². The van der Waals surface area contributed by atoms with Crippen LogP contribution in [0.15, 0.2) is 23.6 Å². The van der Waals surface area contributed by atoms with Gasteiger partial charge in [-0.15, -0.1) is 0 Å². The van der Waals surface area contributed by atoms with Crippen LogP contribution in [0.5, 0.6) is 0 Å². The summed E-state index contributed by atoms with van der Waals surface area (Å²) < 4.78 is 0.633. The van der Waals surface area contributed by atoms with Crippen molar-refractivity contribution in [3.05, 3.63) is 24.3 Å². The highest BCUT2D eigenvalue weighted by molar-refractivity contribution is 8.22. The van der Waals surface area contributed by atoms with Crippen molar-refractivity contribution in [1.82, 2.24) is 15.0 Å². The molecule has 2 N–H and O–H groups in total. The van der Waals surface area contributed by atoms with Gasteiger partial charge in [0.25, 0.3) is 0 Å². The lowest BCUT2D eigenvalue weighted by Crippen LogP contribution is -2.24. The first kappa shape index (κ1) is 11.9. The van der Waals surface area contributed by atoms with Crippen molar-refractivity contribution in [2.45, 2.75) is 0 Å². The van der Waals surface area contributed by atoms with Crippen molar-refractivity contribution < 1.29 is 0 Å². The first-order valence-corrected chi connectivity index (χ1v) is 5.71. The van der Waals surface area contributed by atoms with Crippen LogP contribution in [0, 0.1) is 0 Å². The van der Waals surface area contributed by atoms with Gasteiger partial charge in [-0.05, 0) is 12.3 Å². The van der Waals surface area contributed by atoms with Crippen LogP contribution in [-0.2, 0) is 0 Å². The molecule has 0 saturated carbocycles. The summed E-state index contributed by atoms with van der Waals surface area (Å²) in [5.41, 5.74) is 5.70. The van der Waals surface area contributed by atoms with Crippen LogP contribution in [-0.4, -0.2) is 38.4 Å². The Morgan fingerprint density at radius 1 is 1.53 bits per heavy atom. The van der Waals surface area contributed by atoms with Crippen LogP contribution in [0.3, 0.4) is 0 Å². The lowest BCUT2D eigenvalue weighted by atomic mass is 10.5. The zero-order valence-corrected chi connectivity index (χ0v) is 10.0. The molecule has 15 heavy (non-hydrogen) atoms. The minimum Gasteiger partial charge on any atom is -0.379 e. The number of rotatable bonds is 2. The minimum absolute atomic E-state index is 0.245. The number of hydrazone groups is 1. The maximum Gasteiger partial charge on any atom is 0.196 e. The van der Waals surface area contributed by atoms with E-state index in [4.69, 9.17) is 18.0 Å². The van der Waals surface area contributed by atoms with E-state index in [2.05, 4.69) is 15.1 Å². The molecule has 1 rings (SSSR count). The monoisotopic (exact) mass is 241 g/mol. The molecule has 0 atom stereocenters. The second-order valence-corrected chi connectivity index (χ2v) is 3.99. The molecule has 7 heteroatoms. The average Bonchev–Trinajstić information content (AvgIpc) is 2.29. The first-order chi connectivity index (χ1) is 7.15. The highest BCUT2D eigenvalue weighted by Gasteiger charge is 2.05. The van der Waals surface area contributed by atoms with E-state index in [9.17, 15) is 0 Å². The summed E-state index contributed by atoms with van der Waals surface area (Å²) in [6.45, 7) is 0. The molecule has 0 radical (unpaired) electrons. The molecule has 0 bridgehead atoms. The molecule has 0 saturated heterocycles. The predicted molar refractivity (Wildman–Crippen MR) is 66.6 cm³/mol. The molecule has 0 fully saturated rings. The topological polar surface area (TPSA) is 67.4 Å². The average molecular weight is 241 g/mol. The van der Waals surface area contributed by atoms with Crippen molar-refractivity contribution in [1.29, 1.82) is 0 Å². The van der Waals surface area contributed by atoms with E-state index in [-0.39, 0.29) is 5.84 Å². The van der Waals surface area contributed by atoms with Gasteiger partial charge in [-0.25, -0.2) is 15.0 Å². The molecule has 1 heterocycles. The second-order valence-electron chi connectivity index (χ2n) is 2.55. The fraction of sp³-hybridized carbons (Fsp3) is 0.250. The molecule has 0 aromatic carbocycles. The number of aromatic nitrogens is 2. The van der Waals surface area contributed by atoms with Gasteiger partial charge in [-0.3, -0.25) is 0 Å². The normalized spacial score (nSPS) is 11.2. The Labute approximate surface area is 97.8 Å². The Morgan fingerprint density at radius 2 is 2.13 bits per heavy atom. The number of thioether (sulfide) groups is 1. The molecule has 5 nitrogen and oxygen atoms in total. The van der Waals surface area contributed by atoms with Gasteiger partial charge in [0.1, 0.15) is 0 Å². The molecule has 1 aromatic heterocycles. The van der Waals surface area contributed by atoms with Crippen molar-refractivity contribution in [2.24, 2.45) is 10.8 Å². The summed E-state index contributed by atoms with van der Waals surface area (Å²) in [6.07, 6.45) is 5.10. The molecule has 0 aliphatic heterocycles. The molecule has 0 aliphatic rings. The summed E-state index contributed by atoms with van der Waals surface area (Å²) in [7, 11) is 1.73. The molecular formula is C8H11N5S2. The van der Waals surface area contributed by atoms with E-state index in [1.165, 1.54) is 16.8 Å². The van der Waals surface area contributed by atoms with Gasteiger partial charge in [0.05, 0.1) is 0 Å². The third-order valence-electron chi connectivity index (χ3n) is 1.49. The van der Waals surface area contributed by atoms with Gasteiger partial charge in [-0.1, -0.05) is 24.0 Å². The van der Waals surface area contributed by atoms with Crippen LogP contribution < -0.4 is 5.73 Å². The number of amidine groups is 1. The van der Waals surface area contributed by atoms with Gasteiger partial charge in [-0.2, -0.15) is 5.10 Å². The molecule has 0 amide bonds. The van der Waals surface area contributed by atoms with E-state index >= 15 is 0 Å². The predicted octanol–water partition coefficient (Wildman–Crippen LogP) is 0.677. The summed E-state index contributed by atoms with van der Waals surface area (Å²) in [6, 6.07) is 1.72. The maximum absolute atomic E-state index is 5.70. The van der Waals surface area contributed by atoms with Crippen LogP contribution in [0.1, 0.15) is 5.82 Å². The summed E-state index contributed by atoms with van der Waals surface area (Å²) >= 11 is 6.46. The first-order valence-electron chi connectivity index (χ1n) is 4.08. The Bertz CT molecular complexity index is 365. The second kappa shape index (κ2) is 5.62. The van der Waals surface area contributed by atoms with E-state index < -0.39 is 0 Å². The number of hydrogen-bond acceptors (Lipinski definition) is 5. The summed E-state index contributed by atoms with van der Waals surface area (Å²) in [5, 5.41) is 5.58. The Balaban J connectivity index is 2.80. The Hall–Kier alpha value is -1.21. The standard InChI is InChI=1S/C8H11N5S2/c1-13(8(14)15-2)12-6(9)7-10-4-3-5-11-7/h3-5H,1-2H3,(H2,9,12). The third kappa shape index (κ3) is 3.45. The van der Waals surface area contributed by atoms with E-state index in [1.54, 1.807) is 25.5 Å². The van der Waals surface area contributed by atoms with Crippen molar-refractivity contribution in [2.75, 3.05) is 13.3 Å². The molecule has 80 valence electrons. The molecule has 1 aromatic rings. The Kier molecular flexibility index (Phi) is 4.44. The number of nitrogens with two attached hydrogens (primary N) is 1. The summed E-state index contributed by atoms with van der Waals surface area (Å²) in [4.78, 5) is 7.95. The van der Waals surface area contributed by atoms with Crippen LogP contribution >= 0.6 is 24.0 Å². The minimum atomic E-state index is 0.245. The third-order valence-corrected chi connectivity index (χ3v) is 2.87. The van der Waals surface area contributed by atoms with Gasteiger partial charge >= 0.3 is 0 Å². The molecule has 0 aliphatic carbocycles. The number of hydrogen-bond donors (Lipinski definition) is 1. The van der Waals surface area contributed by atoms with Gasteiger partial charge in [0, 0.05) is 19.4 Å². The highest BCUT2D eigenvalue weighted by Crippen LogP contribution is 2.03. The van der Waals surface area contributed by atoms with Crippen LogP contribution in [0.2, 0.25) is 0 Å². The molecular weight excluding hydrogens is 230 g/mol. The zero-order valence-electron chi connectivity index (χ0n) is 8.41. The maximum atomic E-state index is 5.70. The Morgan fingerprint density at radius 3 is 2.67 bits per heavy atom. The summed E-state index contributed by atoms with van der Waals surface area (Å²) in [5.74, 6) is 0.641. The van der Waals surface area contributed by atoms with E-state index in [0.717, 1.165) is 0 Å². The SMILES string of the molecule is CSC(=S)N(C)/N=C(\N)c1ncccn1. The van der Waals surface area contributed by atoms with Crippen molar-refractivity contribution >= 4 is 34.1 Å². The fourth-order valence-electron chi connectivity index (χ4n) is 0.811. The van der Waals surface area contributed by atoms with Crippen LogP contribution in [0.25, 0.3) is 0 Å². The van der Waals surface area contributed by atoms with Gasteiger partial charge < -0.3 is 5.73 Å². The number of thiocarbonyl (C=S) groups is 1. The largest absolute Gasteiger partial charge is 0.379 e.